The van der Waals surface area contributed by atoms with E-state index in [4.69, 9.17) is 0 Å². The van der Waals surface area contributed by atoms with Crippen LogP contribution in [-0.4, -0.2) is 11.5 Å². The molecule has 1 fully saturated rings. The van der Waals surface area contributed by atoms with Crippen LogP contribution in [0.25, 0.3) is 0 Å². The van der Waals surface area contributed by atoms with E-state index >= 15 is 0 Å². The molecule has 0 aromatic rings. The first-order valence-corrected chi connectivity index (χ1v) is 3.73. The van der Waals surface area contributed by atoms with Crippen LogP contribution >= 0.6 is 11.8 Å². The van der Waals surface area contributed by atoms with Crippen LogP contribution in [-0.2, 0) is 0 Å². The quantitative estimate of drug-likeness (QED) is 0.471. The lowest BCUT2D eigenvalue weighted by molar-refractivity contribution is 0.764. The topological polar surface area (TPSA) is 0 Å². The summed E-state index contributed by atoms with van der Waals surface area (Å²) in [5, 5.41) is 0. The van der Waals surface area contributed by atoms with Crippen molar-refractivity contribution in [2.24, 2.45) is 0 Å². The zero-order chi connectivity index (χ0) is 4.24. The predicted octanol–water partition coefficient (Wildman–Crippen LogP) is 2.54. The maximum atomic E-state index is 2.09. The van der Waals surface area contributed by atoms with E-state index in [2.05, 4.69) is 11.8 Å². The molecule has 0 aliphatic carbocycles. The van der Waals surface area contributed by atoms with Crippen molar-refractivity contribution in [3.63, 3.8) is 0 Å². The molecule has 0 N–H and O–H groups in total. The SMILES string of the molecule is C.C1CCSCC1. The third-order valence-corrected chi connectivity index (χ3v) is 2.23. The highest BCUT2D eigenvalue weighted by Gasteiger charge is 1.95. The highest BCUT2D eigenvalue weighted by atomic mass is 32.2. The summed E-state index contributed by atoms with van der Waals surface area (Å²) in [4.78, 5) is 0. The minimum absolute atomic E-state index is 0. The number of thioether (sulfide) groups is 1. The van der Waals surface area contributed by atoms with Crippen molar-refractivity contribution in [2.75, 3.05) is 11.5 Å². The number of rotatable bonds is 0. The Bertz CT molecular complexity index is 19.7. The average molecular weight is 118 g/mol. The van der Waals surface area contributed by atoms with Gasteiger partial charge in [0.15, 0.2) is 0 Å². The van der Waals surface area contributed by atoms with Gasteiger partial charge in [0.1, 0.15) is 0 Å². The molecule has 0 nitrogen and oxygen atoms in total. The van der Waals surface area contributed by atoms with Crippen LogP contribution in [0.2, 0.25) is 0 Å². The molecule has 0 bridgehead atoms. The molecule has 1 aliphatic rings. The second-order valence-corrected chi connectivity index (χ2v) is 2.90. The van der Waals surface area contributed by atoms with E-state index in [1.165, 1.54) is 30.8 Å². The Balaban J connectivity index is 0.000000360. The predicted molar refractivity (Wildman–Crippen MR) is 37.9 cm³/mol. The van der Waals surface area contributed by atoms with Crippen molar-refractivity contribution in [2.45, 2.75) is 26.7 Å². The molecule has 1 heterocycles. The van der Waals surface area contributed by atoms with Gasteiger partial charge in [0.25, 0.3) is 0 Å². The molecule has 0 aromatic heterocycles. The molecule has 0 spiro atoms. The molecule has 1 aliphatic heterocycles. The Morgan fingerprint density at radius 3 is 1.57 bits per heavy atom. The summed E-state index contributed by atoms with van der Waals surface area (Å²) in [7, 11) is 0. The molecule has 1 heteroatoms. The van der Waals surface area contributed by atoms with Crippen molar-refractivity contribution >= 4 is 11.8 Å². The fourth-order valence-electron chi connectivity index (χ4n) is 0.687. The molecule has 1 saturated heterocycles. The number of hydrogen-bond acceptors (Lipinski definition) is 1. The van der Waals surface area contributed by atoms with Gasteiger partial charge < -0.3 is 0 Å². The monoisotopic (exact) mass is 118 g/mol. The van der Waals surface area contributed by atoms with E-state index < -0.39 is 0 Å². The summed E-state index contributed by atoms with van der Waals surface area (Å²) < 4.78 is 0. The first-order valence-electron chi connectivity index (χ1n) is 2.58. The maximum Gasteiger partial charge on any atom is -0.00675 e. The molecule has 7 heavy (non-hydrogen) atoms. The van der Waals surface area contributed by atoms with Gasteiger partial charge in [0, 0.05) is 0 Å². The van der Waals surface area contributed by atoms with Gasteiger partial charge in [-0.3, -0.25) is 0 Å². The average Bonchev–Trinajstić information content (AvgIpc) is 1.72. The van der Waals surface area contributed by atoms with Gasteiger partial charge in [-0.1, -0.05) is 13.8 Å². The molecule has 0 atom stereocenters. The Morgan fingerprint density at radius 1 is 0.857 bits per heavy atom. The lowest BCUT2D eigenvalue weighted by Crippen LogP contribution is -1.91. The van der Waals surface area contributed by atoms with Gasteiger partial charge in [-0.05, 0) is 24.3 Å². The highest BCUT2D eigenvalue weighted by Crippen LogP contribution is 2.14. The van der Waals surface area contributed by atoms with Crippen LogP contribution in [0.5, 0.6) is 0 Å². The summed E-state index contributed by atoms with van der Waals surface area (Å²) in [6, 6.07) is 0. The van der Waals surface area contributed by atoms with E-state index in [9.17, 15) is 0 Å². The lowest BCUT2D eigenvalue weighted by atomic mass is 10.3. The minimum atomic E-state index is 0. The summed E-state index contributed by atoms with van der Waals surface area (Å²) in [5.41, 5.74) is 0. The van der Waals surface area contributed by atoms with E-state index in [0.717, 1.165) is 0 Å². The van der Waals surface area contributed by atoms with Gasteiger partial charge in [0.05, 0.1) is 0 Å². The van der Waals surface area contributed by atoms with Crippen molar-refractivity contribution in [3.8, 4) is 0 Å². The standard InChI is InChI=1S/C5H10S.CH4/c1-2-4-6-5-3-1;/h1-5H2;1H4. The molecule has 0 saturated carbocycles. The van der Waals surface area contributed by atoms with Crippen LogP contribution in [0, 0.1) is 0 Å². The van der Waals surface area contributed by atoms with Crippen molar-refractivity contribution < 1.29 is 0 Å². The van der Waals surface area contributed by atoms with Crippen LogP contribution in [0.1, 0.15) is 26.7 Å². The number of hydrogen-bond donors (Lipinski definition) is 0. The second kappa shape index (κ2) is 4.51. The fraction of sp³-hybridized carbons (Fsp3) is 1.00. The summed E-state index contributed by atoms with van der Waals surface area (Å²) in [6.07, 6.45) is 4.41. The molecule has 1 rings (SSSR count). The molecule has 0 radical (unpaired) electrons. The van der Waals surface area contributed by atoms with Gasteiger partial charge in [-0.15, -0.1) is 0 Å². The van der Waals surface area contributed by atoms with Crippen molar-refractivity contribution in [1.82, 2.24) is 0 Å². The molecular weight excluding hydrogens is 104 g/mol. The second-order valence-electron chi connectivity index (χ2n) is 1.67. The summed E-state index contributed by atoms with van der Waals surface area (Å²) in [6.45, 7) is 0. The van der Waals surface area contributed by atoms with E-state index in [-0.39, 0.29) is 7.43 Å². The highest BCUT2D eigenvalue weighted by molar-refractivity contribution is 7.99. The Morgan fingerprint density at radius 2 is 1.43 bits per heavy atom. The zero-order valence-corrected chi connectivity index (χ0v) is 4.76. The van der Waals surface area contributed by atoms with Crippen molar-refractivity contribution in [3.05, 3.63) is 0 Å². The third-order valence-electron chi connectivity index (χ3n) is 1.08. The van der Waals surface area contributed by atoms with Crippen LogP contribution in [0.3, 0.4) is 0 Å². The van der Waals surface area contributed by atoms with Crippen LogP contribution in [0.4, 0.5) is 0 Å². The first-order chi connectivity index (χ1) is 3.00. The van der Waals surface area contributed by atoms with E-state index in [1.54, 1.807) is 0 Å². The Labute approximate surface area is 50.7 Å². The van der Waals surface area contributed by atoms with E-state index in [0.29, 0.717) is 0 Å². The molecule has 0 unspecified atom stereocenters. The molecule has 0 aromatic carbocycles. The third kappa shape index (κ3) is 2.98. The largest absolute Gasteiger partial charge is 0.162 e. The minimum Gasteiger partial charge on any atom is -0.162 e. The Kier molecular flexibility index (Phi) is 4.73. The van der Waals surface area contributed by atoms with Gasteiger partial charge in [0.2, 0.25) is 0 Å². The van der Waals surface area contributed by atoms with Gasteiger partial charge in [-0.25, -0.2) is 0 Å². The van der Waals surface area contributed by atoms with Crippen molar-refractivity contribution in [1.29, 1.82) is 0 Å². The summed E-state index contributed by atoms with van der Waals surface area (Å²) in [5.74, 6) is 2.83. The molecule has 0 amide bonds. The lowest BCUT2D eigenvalue weighted by Gasteiger charge is -2.05. The van der Waals surface area contributed by atoms with Gasteiger partial charge in [-0.2, -0.15) is 11.8 Å². The Hall–Kier alpha value is 0.350. The van der Waals surface area contributed by atoms with Gasteiger partial charge >= 0.3 is 0 Å². The normalized spacial score (nSPS) is 20.6. The zero-order valence-electron chi connectivity index (χ0n) is 3.94. The van der Waals surface area contributed by atoms with Crippen LogP contribution in [0.15, 0.2) is 0 Å². The molecule has 44 valence electrons. The maximum absolute atomic E-state index is 2.09. The van der Waals surface area contributed by atoms with Crippen LogP contribution < -0.4 is 0 Å². The van der Waals surface area contributed by atoms with E-state index in [1.807, 2.05) is 0 Å². The summed E-state index contributed by atoms with van der Waals surface area (Å²) >= 11 is 2.09. The molecular formula is C6H14S. The fourth-order valence-corrected chi connectivity index (χ4v) is 1.71. The first kappa shape index (κ1) is 7.35. The smallest absolute Gasteiger partial charge is 0.00675 e.